The number of aromatic amines is 1. The van der Waals surface area contributed by atoms with Crippen LogP contribution in [0.1, 0.15) is 36.3 Å². The summed E-state index contributed by atoms with van der Waals surface area (Å²) in [6, 6.07) is 3.28. The summed E-state index contributed by atoms with van der Waals surface area (Å²) in [4.78, 5) is 9.52. The van der Waals surface area contributed by atoms with Gasteiger partial charge >= 0.3 is 0 Å². The molecule has 3 rings (SSSR count). The molecular weight excluding hydrogens is 288 g/mol. The molecule has 0 amide bonds. The first-order valence-corrected chi connectivity index (χ1v) is 7.48. The van der Waals surface area contributed by atoms with Gasteiger partial charge in [-0.1, -0.05) is 6.07 Å². The van der Waals surface area contributed by atoms with Gasteiger partial charge in [0.2, 0.25) is 0 Å². The number of likely N-dealkylation sites (tertiary alicyclic amines) is 1. The fourth-order valence-corrected chi connectivity index (χ4v) is 3.06. The van der Waals surface area contributed by atoms with Gasteiger partial charge in [-0.05, 0) is 25.5 Å². The largest absolute Gasteiger partial charge is 0.387 e. The van der Waals surface area contributed by atoms with Gasteiger partial charge in [-0.25, -0.2) is 13.8 Å². The molecule has 118 valence electrons. The zero-order valence-corrected chi connectivity index (χ0v) is 12.2. The summed E-state index contributed by atoms with van der Waals surface area (Å²) < 4.78 is 26.7. The maximum Gasteiger partial charge on any atom is 0.131 e. The summed E-state index contributed by atoms with van der Waals surface area (Å²) in [5, 5.41) is 10.2. The van der Waals surface area contributed by atoms with Crippen molar-refractivity contribution in [3.05, 3.63) is 53.6 Å². The Balaban J connectivity index is 1.64. The van der Waals surface area contributed by atoms with Crippen molar-refractivity contribution in [2.75, 3.05) is 19.6 Å². The maximum atomic E-state index is 13.7. The van der Waals surface area contributed by atoms with Crippen LogP contribution in [0, 0.1) is 11.6 Å². The Kier molecular flexibility index (Phi) is 4.49. The zero-order valence-electron chi connectivity index (χ0n) is 12.2. The average molecular weight is 307 g/mol. The minimum absolute atomic E-state index is 0.140. The molecule has 22 heavy (non-hydrogen) atoms. The molecule has 1 aliphatic rings. The number of hydrogen-bond acceptors (Lipinski definition) is 3. The summed E-state index contributed by atoms with van der Waals surface area (Å²) in [5.74, 6) is -0.0856. The Hall–Kier alpha value is -1.79. The number of aliphatic hydroxyl groups is 1. The van der Waals surface area contributed by atoms with E-state index in [0.29, 0.717) is 12.5 Å². The predicted molar refractivity (Wildman–Crippen MR) is 78.3 cm³/mol. The highest BCUT2D eigenvalue weighted by Gasteiger charge is 2.25. The third kappa shape index (κ3) is 3.34. The van der Waals surface area contributed by atoms with E-state index in [-0.39, 0.29) is 5.56 Å². The molecule has 1 fully saturated rings. The Bertz CT molecular complexity index is 618. The van der Waals surface area contributed by atoms with Gasteiger partial charge in [0, 0.05) is 43.0 Å². The number of aromatic nitrogens is 2. The van der Waals surface area contributed by atoms with E-state index in [2.05, 4.69) is 14.9 Å². The molecule has 1 aliphatic heterocycles. The number of aliphatic hydroxyl groups excluding tert-OH is 1. The number of halogens is 2. The predicted octanol–water partition coefficient (Wildman–Crippen LogP) is 2.60. The van der Waals surface area contributed by atoms with E-state index < -0.39 is 17.7 Å². The number of hydrogen-bond donors (Lipinski definition) is 2. The Morgan fingerprint density at radius 2 is 2.27 bits per heavy atom. The van der Waals surface area contributed by atoms with Gasteiger partial charge in [-0.3, -0.25) is 4.90 Å². The summed E-state index contributed by atoms with van der Waals surface area (Å²) in [6.07, 6.45) is 4.62. The molecular formula is C16H19F2N3O. The van der Waals surface area contributed by atoms with E-state index in [1.165, 1.54) is 12.1 Å². The molecule has 1 saturated heterocycles. The monoisotopic (exact) mass is 307 g/mol. The van der Waals surface area contributed by atoms with Crippen molar-refractivity contribution in [2.45, 2.75) is 24.9 Å². The van der Waals surface area contributed by atoms with Crippen LogP contribution in [0.5, 0.6) is 0 Å². The molecule has 0 bridgehead atoms. The van der Waals surface area contributed by atoms with E-state index in [0.717, 1.165) is 37.8 Å². The van der Waals surface area contributed by atoms with Crippen LogP contribution in [0.15, 0.2) is 30.6 Å². The number of piperidine rings is 1. The molecule has 0 radical (unpaired) electrons. The van der Waals surface area contributed by atoms with Crippen molar-refractivity contribution in [3.8, 4) is 0 Å². The molecule has 2 aromatic rings. The second kappa shape index (κ2) is 6.54. The quantitative estimate of drug-likeness (QED) is 0.913. The third-order valence-electron chi connectivity index (χ3n) is 4.16. The van der Waals surface area contributed by atoms with Crippen molar-refractivity contribution in [1.29, 1.82) is 0 Å². The van der Waals surface area contributed by atoms with E-state index in [4.69, 9.17) is 0 Å². The lowest BCUT2D eigenvalue weighted by Gasteiger charge is -2.33. The van der Waals surface area contributed by atoms with Gasteiger partial charge in [-0.15, -0.1) is 0 Å². The van der Waals surface area contributed by atoms with Gasteiger partial charge in [-0.2, -0.15) is 0 Å². The van der Waals surface area contributed by atoms with Crippen LogP contribution in [0.25, 0.3) is 0 Å². The fraction of sp³-hybridized carbons (Fsp3) is 0.438. The molecule has 2 atom stereocenters. The number of imidazole rings is 1. The Morgan fingerprint density at radius 1 is 1.41 bits per heavy atom. The van der Waals surface area contributed by atoms with Crippen LogP contribution >= 0.6 is 0 Å². The minimum atomic E-state index is -0.962. The standard InChI is InChI=1S/C16H19F2N3O/c17-12-3-4-13(14(18)8-12)15(22)10-21-7-1-2-11(9-21)16-19-5-6-20-16/h3-6,8,11,15,22H,1-2,7,9-10H2,(H,19,20). The molecule has 2 heterocycles. The number of rotatable bonds is 4. The number of nitrogens with one attached hydrogen (secondary N) is 1. The maximum absolute atomic E-state index is 13.7. The average Bonchev–Trinajstić information content (AvgIpc) is 3.01. The number of H-pyrrole nitrogens is 1. The number of nitrogens with zero attached hydrogens (tertiary/aromatic N) is 2. The molecule has 1 aromatic carbocycles. The van der Waals surface area contributed by atoms with E-state index in [1.54, 1.807) is 12.4 Å². The third-order valence-corrected chi connectivity index (χ3v) is 4.16. The Labute approximate surface area is 127 Å². The molecule has 1 aromatic heterocycles. The molecule has 6 heteroatoms. The fourth-order valence-electron chi connectivity index (χ4n) is 3.06. The lowest BCUT2D eigenvalue weighted by atomic mass is 9.96. The number of β-amino-alcohol motifs (C(OH)–C–C–N with tert-alkyl or cyclic N) is 1. The van der Waals surface area contributed by atoms with Crippen LogP contribution in [0.2, 0.25) is 0 Å². The van der Waals surface area contributed by atoms with Crippen molar-refractivity contribution in [2.24, 2.45) is 0 Å². The lowest BCUT2D eigenvalue weighted by molar-refractivity contribution is 0.0921. The van der Waals surface area contributed by atoms with Gasteiger partial charge in [0.1, 0.15) is 17.5 Å². The minimum Gasteiger partial charge on any atom is -0.387 e. The van der Waals surface area contributed by atoms with E-state index >= 15 is 0 Å². The van der Waals surface area contributed by atoms with Gasteiger partial charge in [0.05, 0.1) is 6.10 Å². The topological polar surface area (TPSA) is 52.1 Å². The van der Waals surface area contributed by atoms with E-state index in [9.17, 15) is 13.9 Å². The second-order valence-corrected chi connectivity index (χ2v) is 5.75. The normalized spacial score (nSPS) is 21.0. The summed E-state index contributed by atoms with van der Waals surface area (Å²) >= 11 is 0. The summed E-state index contributed by atoms with van der Waals surface area (Å²) in [6.45, 7) is 1.96. The van der Waals surface area contributed by atoms with Crippen LogP contribution in [0.4, 0.5) is 8.78 Å². The lowest BCUT2D eigenvalue weighted by Crippen LogP contribution is -2.37. The smallest absolute Gasteiger partial charge is 0.131 e. The van der Waals surface area contributed by atoms with Gasteiger partial charge in [0.25, 0.3) is 0 Å². The van der Waals surface area contributed by atoms with Crippen molar-refractivity contribution in [3.63, 3.8) is 0 Å². The molecule has 0 aliphatic carbocycles. The van der Waals surface area contributed by atoms with Gasteiger partial charge in [0.15, 0.2) is 0 Å². The SMILES string of the molecule is OC(CN1CCCC(c2ncc[nH]2)C1)c1ccc(F)cc1F. The van der Waals surface area contributed by atoms with Crippen LogP contribution in [-0.4, -0.2) is 39.6 Å². The first kappa shape index (κ1) is 15.1. The van der Waals surface area contributed by atoms with E-state index in [1.807, 2.05) is 0 Å². The summed E-state index contributed by atoms with van der Waals surface area (Å²) in [7, 11) is 0. The molecule has 2 unspecified atom stereocenters. The van der Waals surface area contributed by atoms with Crippen molar-refractivity contribution >= 4 is 0 Å². The first-order valence-electron chi connectivity index (χ1n) is 7.48. The highest BCUT2D eigenvalue weighted by molar-refractivity contribution is 5.21. The van der Waals surface area contributed by atoms with Gasteiger partial charge < -0.3 is 10.1 Å². The van der Waals surface area contributed by atoms with Crippen molar-refractivity contribution in [1.82, 2.24) is 14.9 Å². The van der Waals surface area contributed by atoms with Crippen LogP contribution < -0.4 is 0 Å². The Morgan fingerprint density at radius 3 is 3.00 bits per heavy atom. The van der Waals surface area contributed by atoms with Crippen LogP contribution in [-0.2, 0) is 0 Å². The molecule has 0 saturated carbocycles. The first-order chi connectivity index (χ1) is 10.6. The van der Waals surface area contributed by atoms with Crippen LogP contribution in [0.3, 0.4) is 0 Å². The highest BCUT2D eigenvalue weighted by Crippen LogP contribution is 2.26. The number of benzene rings is 1. The highest BCUT2D eigenvalue weighted by atomic mass is 19.1. The molecule has 0 spiro atoms. The second-order valence-electron chi connectivity index (χ2n) is 5.75. The zero-order chi connectivity index (χ0) is 15.5. The van der Waals surface area contributed by atoms with Crippen molar-refractivity contribution < 1.29 is 13.9 Å². The molecule has 2 N–H and O–H groups in total. The molecule has 4 nitrogen and oxygen atoms in total. The summed E-state index contributed by atoms with van der Waals surface area (Å²) in [5.41, 5.74) is 0.140.